The average Bonchev–Trinajstić information content (AvgIpc) is 2.12. The van der Waals surface area contributed by atoms with Crippen molar-refractivity contribution in [3.05, 3.63) is 0 Å². The Balaban J connectivity index is 2.56. The predicted molar refractivity (Wildman–Crippen MR) is 64.2 cm³/mol. The summed E-state index contributed by atoms with van der Waals surface area (Å²) in [5.41, 5.74) is 0.235. The van der Waals surface area contributed by atoms with E-state index in [0.29, 0.717) is 12.0 Å². The molecular weight excluding hydrogens is 188 g/mol. The summed E-state index contributed by atoms with van der Waals surface area (Å²) in [6, 6.07) is 0.646. The Kier molecular flexibility index (Phi) is 4.56. The van der Waals surface area contributed by atoms with Crippen molar-refractivity contribution >= 4 is 0 Å². The second-order valence-corrected chi connectivity index (χ2v) is 5.54. The van der Waals surface area contributed by atoms with Crippen LogP contribution in [0.1, 0.15) is 27.7 Å². The highest BCUT2D eigenvalue weighted by Gasteiger charge is 2.33. The molecular formula is C12H26N2O. The molecule has 3 nitrogen and oxygen atoms in total. The summed E-state index contributed by atoms with van der Waals surface area (Å²) >= 11 is 0. The lowest BCUT2D eigenvalue weighted by atomic mass is 9.93. The number of hydrogen-bond donors (Lipinski definition) is 1. The maximum absolute atomic E-state index is 5.18. The molecule has 3 heteroatoms. The molecule has 1 saturated heterocycles. The van der Waals surface area contributed by atoms with Crippen LogP contribution in [0.3, 0.4) is 0 Å². The molecule has 0 aromatic carbocycles. The first-order valence-corrected chi connectivity index (χ1v) is 5.94. The summed E-state index contributed by atoms with van der Waals surface area (Å²) in [6.07, 6.45) is 0. The molecule has 0 bridgehead atoms. The van der Waals surface area contributed by atoms with Crippen molar-refractivity contribution in [1.82, 2.24) is 10.2 Å². The fourth-order valence-electron chi connectivity index (χ4n) is 2.30. The number of hydrogen-bond acceptors (Lipinski definition) is 3. The minimum atomic E-state index is 0.235. The molecule has 1 unspecified atom stereocenters. The monoisotopic (exact) mass is 214 g/mol. The Morgan fingerprint density at radius 1 is 1.47 bits per heavy atom. The minimum Gasteiger partial charge on any atom is -0.383 e. The molecule has 1 fully saturated rings. The summed E-state index contributed by atoms with van der Waals surface area (Å²) in [5.74, 6) is 0.699. The molecule has 1 aliphatic heterocycles. The Hall–Kier alpha value is -0.120. The largest absolute Gasteiger partial charge is 0.383 e. The Morgan fingerprint density at radius 3 is 2.67 bits per heavy atom. The molecule has 0 amide bonds. The van der Waals surface area contributed by atoms with E-state index in [9.17, 15) is 0 Å². The van der Waals surface area contributed by atoms with Gasteiger partial charge in [-0.15, -0.1) is 0 Å². The van der Waals surface area contributed by atoms with Gasteiger partial charge in [0.2, 0.25) is 0 Å². The van der Waals surface area contributed by atoms with Gasteiger partial charge in [0.05, 0.1) is 6.61 Å². The molecule has 1 aliphatic rings. The third kappa shape index (κ3) is 3.74. The number of nitrogens with one attached hydrogen (secondary N) is 1. The first-order valence-electron chi connectivity index (χ1n) is 5.94. The molecule has 0 aliphatic carbocycles. The molecule has 0 spiro atoms. The van der Waals surface area contributed by atoms with E-state index < -0.39 is 0 Å². The van der Waals surface area contributed by atoms with Crippen LogP contribution in [0.25, 0.3) is 0 Å². The molecule has 0 saturated carbocycles. The van der Waals surface area contributed by atoms with E-state index in [1.807, 2.05) is 0 Å². The fraction of sp³-hybridized carbons (Fsp3) is 1.00. The molecule has 1 rings (SSSR count). The highest BCUT2D eigenvalue weighted by atomic mass is 16.5. The lowest BCUT2D eigenvalue weighted by Gasteiger charge is -2.46. The first kappa shape index (κ1) is 12.9. The van der Waals surface area contributed by atoms with Crippen LogP contribution in [0, 0.1) is 5.92 Å². The molecule has 0 aromatic rings. The van der Waals surface area contributed by atoms with E-state index in [2.05, 4.69) is 37.9 Å². The fourth-order valence-corrected chi connectivity index (χ4v) is 2.30. The van der Waals surface area contributed by atoms with Crippen LogP contribution in [0.2, 0.25) is 0 Å². The van der Waals surface area contributed by atoms with E-state index in [0.717, 1.165) is 26.2 Å². The van der Waals surface area contributed by atoms with Gasteiger partial charge in [-0.1, -0.05) is 13.8 Å². The molecule has 1 N–H and O–H groups in total. The Labute approximate surface area is 94.2 Å². The van der Waals surface area contributed by atoms with Crippen LogP contribution in [-0.2, 0) is 4.74 Å². The Bertz CT molecular complexity index is 192. The zero-order valence-corrected chi connectivity index (χ0v) is 10.8. The van der Waals surface area contributed by atoms with Crippen LogP contribution >= 0.6 is 0 Å². The minimum absolute atomic E-state index is 0.235. The van der Waals surface area contributed by atoms with E-state index in [1.165, 1.54) is 0 Å². The lowest BCUT2D eigenvalue weighted by molar-refractivity contribution is 0.0451. The first-order chi connectivity index (χ1) is 6.96. The van der Waals surface area contributed by atoms with Crippen molar-refractivity contribution in [1.29, 1.82) is 0 Å². The molecule has 1 atom stereocenters. The van der Waals surface area contributed by atoms with Gasteiger partial charge in [-0.2, -0.15) is 0 Å². The van der Waals surface area contributed by atoms with Crippen molar-refractivity contribution in [2.24, 2.45) is 5.92 Å². The van der Waals surface area contributed by atoms with E-state index >= 15 is 0 Å². The van der Waals surface area contributed by atoms with Gasteiger partial charge in [-0.05, 0) is 19.8 Å². The van der Waals surface area contributed by atoms with Crippen molar-refractivity contribution in [3.63, 3.8) is 0 Å². The molecule has 90 valence electrons. The maximum atomic E-state index is 5.18. The quantitative estimate of drug-likeness (QED) is 0.764. The standard InChI is InChI=1S/C12H26N2O/c1-10(2)11-8-13-12(3,4)9-14(11)6-7-15-5/h10-11,13H,6-9H2,1-5H3. The predicted octanol–water partition coefficient (Wildman–Crippen LogP) is 1.34. The number of nitrogens with zero attached hydrogens (tertiary/aromatic N) is 1. The van der Waals surface area contributed by atoms with Gasteiger partial charge < -0.3 is 10.1 Å². The Morgan fingerprint density at radius 2 is 2.13 bits per heavy atom. The molecule has 15 heavy (non-hydrogen) atoms. The van der Waals surface area contributed by atoms with Gasteiger partial charge in [0.1, 0.15) is 0 Å². The summed E-state index contributed by atoms with van der Waals surface area (Å²) < 4.78 is 5.18. The van der Waals surface area contributed by atoms with Gasteiger partial charge in [0, 0.05) is 38.3 Å². The van der Waals surface area contributed by atoms with Crippen molar-refractivity contribution in [2.45, 2.75) is 39.3 Å². The zero-order chi connectivity index (χ0) is 11.5. The van der Waals surface area contributed by atoms with E-state index in [4.69, 9.17) is 4.74 Å². The summed E-state index contributed by atoms with van der Waals surface area (Å²) in [4.78, 5) is 2.56. The maximum Gasteiger partial charge on any atom is 0.0589 e. The second-order valence-electron chi connectivity index (χ2n) is 5.54. The topological polar surface area (TPSA) is 24.5 Å². The van der Waals surface area contributed by atoms with Gasteiger partial charge in [-0.25, -0.2) is 0 Å². The number of methoxy groups -OCH3 is 1. The molecule has 0 radical (unpaired) electrons. The van der Waals surface area contributed by atoms with Crippen LogP contribution in [0.15, 0.2) is 0 Å². The highest BCUT2D eigenvalue weighted by Crippen LogP contribution is 2.19. The van der Waals surface area contributed by atoms with Crippen LogP contribution in [-0.4, -0.2) is 49.8 Å². The van der Waals surface area contributed by atoms with E-state index in [1.54, 1.807) is 7.11 Å². The summed E-state index contributed by atoms with van der Waals surface area (Å²) in [5, 5.41) is 3.61. The SMILES string of the molecule is COCCN1CC(C)(C)NCC1C(C)C. The van der Waals surface area contributed by atoms with Crippen molar-refractivity contribution in [2.75, 3.05) is 33.4 Å². The summed E-state index contributed by atoms with van der Waals surface area (Å²) in [6.45, 7) is 13.2. The zero-order valence-electron chi connectivity index (χ0n) is 10.8. The average molecular weight is 214 g/mol. The van der Waals surface area contributed by atoms with Crippen molar-refractivity contribution in [3.8, 4) is 0 Å². The van der Waals surface area contributed by atoms with Crippen molar-refractivity contribution < 1.29 is 4.74 Å². The second kappa shape index (κ2) is 5.28. The molecule has 0 aromatic heterocycles. The third-order valence-corrected chi connectivity index (χ3v) is 3.21. The van der Waals surface area contributed by atoms with E-state index in [-0.39, 0.29) is 5.54 Å². The lowest BCUT2D eigenvalue weighted by Crippen LogP contribution is -2.63. The van der Waals surface area contributed by atoms with Crippen LogP contribution < -0.4 is 5.32 Å². The third-order valence-electron chi connectivity index (χ3n) is 3.21. The van der Waals surface area contributed by atoms with Crippen LogP contribution in [0.4, 0.5) is 0 Å². The van der Waals surface area contributed by atoms with Gasteiger partial charge in [0.25, 0.3) is 0 Å². The van der Waals surface area contributed by atoms with Gasteiger partial charge in [-0.3, -0.25) is 4.90 Å². The number of ether oxygens (including phenoxy) is 1. The van der Waals surface area contributed by atoms with Crippen LogP contribution in [0.5, 0.6) is 0 Å². The number of piperazine rings is 1. The van der Waals surface area contributed by atoms with Gasteiger partial charge >= 0.3 is 0 Å². The summed E-state index contributed by atoms with van der Waals surface area (Å²) in [7, 11) is 1.78. The smallest absolute Gasteiger partial charge is 0.0589 e. The van der Waals surface area contributed by atoms with Gasteiger partial charge in [0.15, 0.2) is 0 Å². The highest BCUT2D eigenvalue weighted by molar-refractivity contribution is 4.93. The molecule has 1 heterocycles. The normalized spacial score (nSPS) is 27.2. The number of rotatable bonds is 4.